The second-order valence-electron chi connectivity index (χ2n) is 8.96. The van der Waals surface area contributed by atoms with Crippen LogP contribution in [0.15, 0.2) is 42.0 Å². The van der Waals surface area contributed by atoms with Crippen molar-refractivity contribution in [3.05, 3.63) is 64.7 Å². The highest BCUT2D eigenvalue weighted by Gasteiger charge is 2.18. The summed E-state index contributed by atoms with van der Waals surface area (Å²) in [5.41, 5.74) is 3.57. The van der Waals surface area contributed by atoms with Gasteiger partial charge in [-0.1, -0.05) is 32.3 Å². The first kappa shape index (κ1) is 29.2. The largest absolute Gasteiger partial charge is 0.318 e. The lowest BCUT2D eigenvalue weighted by Gasteiger charge is -2.13. The van der Waals surface area contributed by atoms with E-state index in [1.54, 1.807) is 26.0 Å². The van der Waals surface area contributed by atoms with Crippen LogP contribution in [-0.4, -0.2) is 21.9 Å². The van der Waals surface area contributed by atoms with Gasteiger partial charge in [-0.05, 0) is 82.9 Å². The average Bonchev–Trinajstić information content (AvgIpc) is 3.14. The molecule has 0 saturated carbocycles. The fourth-order valence-electron chi connectivity index (χ4n) is 3.86. The van der Waals surface area contributed by atoms with Crippen molar-refractivity contribution in [1.82, 2.24) is 4.57 Å². The highest BCUT2D eigenvalue weighted by Crippen LogP contribution is 2.20. The number of carbonyl (C=O) groups is 3. The summed E-state index contributed by atoms with van der Waals surface area (Å²) in [7, 11) is 0. The van der Waals surface area contributed by atoms with Gasteiger partial charge in [0.1, 0.15) is 11.6 Å². The number of aromatic nitrogens is 1. The summed E-state index contributed by atoms with van der Waals surface area (Å²) in [6.45, 7) is 11.4. The van der Waals surface area contributed by atoms with Gasteiger partial charge in [-0.15, -0.1) is 0 Å². The van der Waals surface area contributed by atoms with Crippen LogP contribution in [0.3, 0.4) is 0 Å². The molecular formula is C29H40FNO3. The number of ketones is 3. The minimum Gasteiger partial charge on any atom is -0.318 e. The van der Waals surface area contributed by atoms with Gasteiger partial charge >= 0.3 is 0 Å². The van der Waals surface area contributed by atoms with Crippen LogP contribution < -0.4 is 0 Å². The second-order valence-corrected chi connectivity index (χ2v) is 8.96. The maximum absolute atomic E-state index is 12.7. The molecule has 2 aromatic rings. The number of carbonyl (C=O) groups excluding carboxylic acids is 3. The molecule has 1 aromatic carbocycles. The highest BCUT2D eigenvalue weighted by atomic mass is 19.1. The van der Waals surface area contributed by atoms with Crippen molar-refractivity contribution in [1.29, 1.82) is 0 Å². The molecule has 186 valence electrons. The quantitative estimate of drug-likeness (QED) is 0.297. The maximum Gasteiger partial charge on any atom is 0.176 e. The molecule has 0 radical (unpaired) electrons. The lowest BCUT2D eigenvalue weighted by molar-refractivity contribution is -0.117. The molecule has 2 rings (SSSR count). The fourth-order valence-corrected chi connectivity index (χ4v) is 3.86. The van der Waals surface area contributed by atoms with Gasteiger partial charge in [0.25, 0.3) is 0 Å². The predicted molar refractivity (Wildman–Crippen MR) is 138 cm³/mol. The van der Waals surface area contributed by atoms with Gasteiger partial charge in [0.15, 0.2) is 11.6 Å². The van der Waals surface area contributed by atoms with E-state index in [-0.39, 0.29) is 29.1 Å². The number of aryl methyl sites for hydroxylation is 1. The zero-order valence-electron chi connectivity index (χ0n) is 21.6. The molecule has 0 N–H and O–H groups in total. The zero-order valence-corrected chi connectivity index (χ0v) is 21.6. The average molecular weight is 470 g/mol. The second kappa shape index (κ2) is 15.2. The Morgan fingerprint density at radius 3 is 2.00 bits per heavy atom. The smallest absolute Gasteiger partial charge is 0.176 e. The van der Waals surface area contributed by atoms with Gasteiger partial charge in [0.05, 0.1) is 5.69 Å². The van der Waals surface area contributed by atoms with Gasteiger partial charge in [0.2, 0.25) is 0 Å². The standard InChI is InChI=1S/C15H21NO2.C14H19FO/c1-11(6-5-7-13(3)17)10-16-12(2)8-9-15(16)14(4)18;1-3-5-11(6-4-2)14(16)12-7-9-13(15)10-8-12/h8-10H,5-7H2,1-4H3;7-11H,3-6H2,1-2H3/b11-10+;. The van der Waals surface area contributed by atoms with Crippen molar-refractivity contribution in [2.75, 3.05) is 0 Å². The van der Waals surface area contributed by atoms with Crippen molar-refractivity contribution >= 4 is 23.5 Å². The summed E-state index contributed by atoms with van der Waals surface area (Å²) < 4.78 is 14.7. The van der Waals surface area contributed by atoms with Crippen LogP contribution in [0.1, 0.15) is 106 Å². The molecule has 0 fully saturated rings. The molecular weight excluding hydrogens is 429 g/mol. The topological polar surface area (TPSA) is 56.1 Å². The van der Waals surface area contributed by atoms with Crippen LogP contribution >= 0.6 is 0 Å². The van der Waals surface area contributed by atoms with Crippen molar-refractivity contribution in [2.45, 2.75) is 86.5 Å². The number of Topliss-reactive ketones (excluding diaryl/α,β-unsaturated/α-hetero) is 3. The Balaban J connectivity index is 0.000000342. The molecule has 4 nitrogen and oxygen atoms in total. The summed E-state index contributed by atoms with van der Waals surface area (Å²) in [6.07, 6.45) is 8.23. The van der Waals surface area contributed by atoms with E-state index in [0.29, 0.717) is 17.7 Å². The van der Waals surface area contributed by atoms with Crippen LogP contribution in [0.2, 0.25) is 0 Å². The SMILES string of the molecule is CC(=O)CCC/C(C)=C/n1c(C)ccc1C(C)=O.CCCC(CCC)C(=O)c1ccc(F)cc1. The maximum atomic E-state index is 12.7. The normalized spacial score (nSPS) is 11.2. The van der Waals surface area contributed by atoms with E-state index in [0.717, 1.165) is 44.2 Å². The Morgan fingerprint density at radius 1 is 0.912 bits per heavy atom. The fraction of sp³-hybridized carbons (Fsp3) is 0.483. The van der Waals surface area contributed by atoms with Crippen LogP contribution in [0.25, 0.3) is 6.20 Å². The molecule has 0 spiro atoms. The first-order valence-corrected chi connectivity index (χ1v) is 12.3. The summed E-state index contributed by atoms with van der Waals surface area (Å²) in [5.74, 6) is 0.253. The number of rotatable bonds is 12. The third kappa shape index (κ3) is 9.98. The van der Waals surface area contributed by atoms with Crippen molar-refractivity contribution in [2.24, 2.45) is 5.92 Å². The first-order valence-electron chi connectivity index (χ1n) is 12.3. The minimum atomic E-state index is -0.293. The summed E-state index contributed by atoms with van der Waals surface area (Å²) >= 11 is 0. The van der Waals surface area contributed by atoms with Crippen molar-refractivity contribution in [3.63, 3.8) is 0 Å². The Bertz CT molecular complexity index is 964. The monoisotopic (exact) mass is 469 g/mol. The Hall–Kier alpha value is -2.82. The molecule has 0 amide bonds. The Kier molecular flexibility index (Phi) is 13.0. The van der Waals surface area contributed by atoms with Crippen LogP contribution in [-0.2, 0) is 4.79 Å². The zero-order chi connectivity index (χ0) is 25.7. The molecule has 0 atom stereocenters. The lowest BCUT2D eigenvalue weighted by Crippen LogP contribution is -2.14. The van der Waals surface area contributed by atoms with E-state index in [4.69, 9.17) is 0 Å². The van der Waals surface area contributed by atoms with Crippen LogP contribution in [0.5, 0.6) is 0 Å². The number of allylic oxidation sites excluding steroid dienone is 1. The minimum absolute atomic E-state index is 0.0656. The van der Waals surface area contributed by atoms with E-state index in [1.807, 2.05) is 36.7 Å². The van der Waals surface area contributed by atoms with Gasteiger partial charge in [-0.2, -0.15) is 0 Å². The molecule has 0 aliphatic heterocycles. The highest BCUT2D eigenvalue weighted by molar-refractivity contribution is 5.97. The third-order valence-electron chi connectivity index (χ3n) is 5.71. The number of benzene rings is 1. The Labute approximate surface area is 204 Å². The van der Waals surface area contributed by atoms with Crippen LogP contribution in [0.4, 0.5) is 4.39 Å². The van der Waals surface area contributed by atoms with E-state index >= 15 is 0 Å². The van der Waals surface area contributed by atoms with E-state index in [1.165, 1.54) is 17.7 Å². The molecule has 0 aliphatic carbocycles. The molecule has 0 saturated heterocycles. The number of hydrogen-bond donors (Lipinski definition) is 0. The number of nitrogens with zero attached hydrogens (tertiary/aromatic N) is 1. The van der Waals surface area contributed by atoms with E-state index < -0.39 is 0 Å². The number of halogens is 1. The van der Waals surface area contributed by atoms with Gasteiger partial charge in [-0.3, -0.25) is 9.59 Å². The predicted octanol–water partition coefficient (Wildman–Crippen LogP) is 7.84. The molecule has 5 heteroatoms. The lowest BCUT2D eigenvalue weighted by atomic mass is 9.90. The molecule has 1 heterocycles. The molecule has 0 aliphatic rings. The molecule has 0 unspecified atom stereocenters. The summed E-state index contributed by atoms with van der Waals surface area (Å²) in [4.78, 5) is 34.5. The molecule has 34 heavy (non-hydrogen) atoms. The summed E-state index contributed by atoms with van der Waals surface area (Å²) in [6, 6.07) is 9.64. The Morgan fingerprint density at radius 2 is 1.50 bits per heavy atom. The van der Waals surface area contributed by atoms with Crippen molar-refractivity contribution < 1.29 is 18.8 Å². The molecule has 1 aromatic heterocycles. The first-order chi connectivity index (χ1) is 16.1. The van der Waals surface area contributed by atoms with E-state index in [2.05, 4.69) is 13.8 Å². The van der Waals surface area contributed by atoms with E-state index in [9.17, 15) is 18.8 Å². The molecule has 0 bridgehead atoms. The van der Waals surface area contributed by atoms with Crippen LogP contribution in [0, 0.1) is 18.7 Å². The van der Waals surface area contributed by atoms with Gasteiger partial charge < -0.3 is 9.36 Å². The van der Waals surface area contributed by atoms with Gasteiger partial charge in [0, 0.05) is 36.7 Å². The summed E-state index contributed by atoms with van der Waals surface area (Å²) in [5, 5.41) is 0. The number of hydrogen-bond acceptors (Lipinski definition) is 3. The third-order valence-corrected chi connectivity index (χ3v) is 5.71. The van der Waals surface area contributed by atoms with Crippen molar-refractivity contribution in [3.8, 4) is 0 Å². The van der Waals surface area contributed by atoms with Gasteiger partial charge in [-0.25, -0.2) is 4.39 Å².